The predicted molar refractivity (Wildman–Crippen MR) is 82.9 cm³/mol. The summed E-state index contributed by atoms with van der Waals surface area (Å²) in [5.41, 5.74) is 4.78. The maximum atomic E-state index is 5.75. The monoisotopic (exact) mass is 336 g/mol. The molecule has 1 atom stereocenters. The molecule has 4 nitrogen and oxygen atoms in total. The minimum atomic E-state index is -0.198. The molecule has 0 radical (unpaired) electrons. The number of hydrazine groups is 1. The lowest BCUT2D eigenvalue weighted by Gasteiger charge is -2.21. The number of nitrogens with one attached hydrogen (secondary N) is 1. The van der Waals surface area contributed by atoms with Crippen molar-refractivity contribution >= 4 is 15.9 Å². The third-order valence-electron chi connectivity index (χ3n) is 3.13. The molecule has 0 heterocycles. The van der Waals surface area contributed by atoms with Crippen molar-refractivity contribution in [1.29, 1.82) is 0 Å². The molecule has 20 heavy (non-hydrogen) atoms. The molecule has 0 aliphatic rings. The van der Waals surface area contributed by atoms with Crippen LogP contribution >= 0.6 is 15.9 Å². The normalized spacial score (nSPS) is 12.0. The summed E-state index contributed by atoms with van der Waals surface area (Å²) < 4.78 is 11.6. The van der Waals surface area contributed by atoms with E-state index in [4.69, 9.17) is 15.3 Å². The summed E-state index contributed by atoms with van der Waals surface area (Å²) in [6.07, 6.45) is 0. The maximum Gasteiger partial charge on any atom is 0.124 e. The van der Waals surface area contributed by atoms with Crippen LogP contribution in [0.25, 0.3) is 0 Å². The third-order valence-corrected chi connectivity index (χ3v) is 3.85. The Labute approximate surface area is 127 Å². The molecule has 0 aromatic heterocycles. The van der Waals surface area contributed by atoms with Gasteiger partial charge in [-0.15, -0.1) is 0 Å². The van der Waals surface area contributed by atoms with E-state index in [-0.39, 0.29) is 6.04 Å². The fourth-order valence-corrected chi connectivity index (χ4v) is 2.60. The Morgan fingerprint density at radius 3 is 2.45 bits per heavy atom. The molecular formula is C15H17BrN2O2. The first-order valence-electron chi connectivity index (χ1n) is 6.13. The van der Waals surface area contributed by atoms with Crippen LogP contribution in [0.4, 0.5) is 0 Å². The summed E-state index contributed by atoms with van der Waals surface area (Å²) in [7, 11) is 3.29. The highest BCUT2D eigenvalue weighted by atomic mass is 79.9. The molecule has 0 fully saturated rings. The van der Waals surface area contributed by atoms with Crippen molar-refractivity contribution in [3.8, 4) is 11.5 Å². The summed E-state index contributed by atoms with van der Waals surface area (Å²) >= 11 is 3.55. The van der Waals surface area contributed by atoms with Crippen LogP contribution in [-0.2, 0) is 0 Å². The third kappa shape index (κ3) is 2.95. The van der Waals surface area contributed by atoms with Crippen molar-refractivity contribution < 1.29 is 9.47 Å². The highest BCUT2D eigenvalue weighted by Crippen LogP contribution is 2.35. The van der Waals surface area contributed by atoms with Crippen LogP contribution in [0.1, 0.15) is 17.2 Å². The Balaban J connectivity index is 2.52. The Hall–Kier alpha value is -1.56. The standard InChI is InChI=1S/C15H17BrN2O2/c1-19-10-7-8-13(16)12(9-10)15(18-17)11-5-3-4-6-14(11)20-2/h3-9,15,18H,17H2,1-2H3. The predicted octanol–water partition coefficient (Wildman–Crippen LogP) is 3.02. The number of rotatable bonds is 5. The minimum Gasteiger partial charge on any atom is -0.497 e. The topological polar surface area (TPSA) is 56.5 Å². The zero-order valence-corrected chi connectivity index (χ0v) is 13.0. The molecule has 0 aliphatic heterocycles. The van der Waals surface area contributed by atoms with Gasteiger partial charge in [0.2, 0.25) is 0 Å². The van der Waals surface area contributed by atoms with E-state index in [1.807, 2.05) is 42.5 Å². The lowest BCUT2D eigenvalue weighted by atomic mass is 9.98. The first-order valence-corrected chi connectivity index (χ1v) is 6.93. The minimum absolute atomic E-state index is 0.198. The molecule has 0 saturated carbocycles. The van der Waals surface area contributed by atoms with Crippen molar-refractivity contribution in [1.82, 2.24) is 5.43 Å². The molecular weight excluding hydrogens is 320 g/mol. The number of hydrogen-bond acceptors (Lipinski definition) is 4. The van der Waals surface area contributed by atoms with Crippen LogP contribution in [-0.4, -0.2) is 14.2 Å². The second-order valence-corrected chi connectivity index (χ2v) is 5.08. The van der Waals surface area contributed by atoms with Gasteiger partial charge in [0.25, 0.3) is 0 Å². The van der Waals surface area contributed by atoms with Crippen LogP contribution in [0, 0.1) is 0 Å². The van der Waals surface area contributed by atoms with Crippen LogP contribution in [0.5, 0.6) is 11.5 Å². The highest BCUT2D eigenvalue weighted by Gasteiger charge is 2.19. The van der Waals surface area contributed by atoms with E-state index in [9.17, 15) is 0 Å². The zero-order valence-electron chi connectivity index (χ0n) is 11.4. The van der Waals surface area contributed by atoms with E-state index in [0.717, 1.165) is 27.1 Å². The van der Waals surface area contributed by atoms with Gasteiger partial charge in [0.15, 0.2) is 0 Å². The Kier molecular flexibility index (Phi) is 5.00. The van der Waals surface area contributed by atoms with Crippen molar-refractivity contribution in [2.45, 2.75) is 6.04 Å². The highest BCUT2D eigenvalue weighted by molar-refractivity contribution is 9.10. The lowest BCUT2D eigenvalue weighted by Crippen LogP contribution is -2.29. The van der Waals surface area contributed by atoms with E-state index in [0.29, 0.717) is 0 Å². The number of para-hydroxylation sites is 1. The van der Waals surface area contributed by atoms with E-state index < -0.39 is 0 Å². The molecule has 0 amide bonds. The van der Waals surface area contributed by atoms with Gasteiger partial charge in [-0.2, -0.15) is 0 Å². The summed E-state index contributed by atoms with van der Waals surface area (Å²) in [5, 5.41) is 0. The molecule has 0 bridgehead atoms. The van der Waals surface area contributed by atoms with E-state index in [2.05, 4.69) is 21.4 Å². The van der Waals surface area contributed by atoms with Crippen molar-refractivity contribution in [3.63, 3.8) is 0 Å². The second kappa shape index (κ2) is 6.74. The fraction of sp³-hybridized carbons (Fsp3) is 0.200. The smallest absolute Gasteiger partial charge is 0.124 e. The second-order valence-electron chi connectivity index (χ2n) is 4.23. The summed E-state index contributed by atoms with van der Waals surface area (Å²) in [5.74, 6) is 7.31. The maximum absolute atomic E-state index is 5.75. The van der Waals surface area contributed by atoms with Crippen LogP contribution in [0.15, 0.2) is 46.9 Å². The molecule has 2 rings (SSSR count). The van der Waals surface area contributed by atoms with Crippen molar-refractivity contribution in [2.24, 2.45) is 5.84 Å². The Morgan fingerprint density at radius 2 is 1.80 bits per heavy atom. The Bertz CT molecular complexity index is 590. The summed E-state index contributed by atoms with van der Waals surface area (Å²) in [4.78, 5) is 0. The average molecular weight is 337 g/mol. The molecule has 0 spiro atoms. The number of methoxy groups -OCH3 is 2. The number of ether oxygens (including phenoxy) is 2. The fourth-order valence-electron chi connectivity index (χ4n) is 2.12. The number of halogens is 1. The average Bonchev–Trinajstić information content (AvgIpc) is 2.50. The van der Waals surface area contributed by atoms with Crippen LogP contribution in [0.2, 0.25) is 0 Å². The van der Waals surface area contributed by atoms with Crippen molar-refractivity contribution in [3.05, 3.63) is 58.1 Å². The van der Waals surface area contributed by atoms with Gasteiger partial charge in [-0.05, 0) is 29.8 Å². The van der Waals surface area contributed by atoms with Gasteiger partial charge in [-0.1, -0.05) is 34.1 Å². The molecule has 2 aromatic carbocycles. The van der Waals surface area contributed by atoms with Gasteiger partial charge in [-0.25, -0.2) is 5.43 Å². The molecule has 0 aliphatic carbocycles. The molecule has 0 saturated heterocycles. The van der Waals surface area contributed by atoms with Gasteiger partial charge < -0.3 is 9.47 Å². The van der Waals surface area contributed by atoms with Gasteiger partial charge in [-0.3, -0.25) is 5.84 Å². The molecule has 5 heteroatoms. The first-order chi connectivity index (χ1) is 9.71. The van der Waals surface area contributed by atoms with Crippen LogP contribution < -0.4 is 20.7 Å². The van der Waals surface area contributed by atoms with E-state index in [1.165, 1.54) is 0 Å². The van der Waals surface area contributed by atoms with Gasteiger partial charge in [0.05, 0.1) is 20.3 Å². The first kappa shape index (κ1) is 14.8. The van der Waals surface area contributed by atoms with Gasteiger partial charge in [0.1, 0.15) is 11.5 Å². The number of nitrogens with two attached hydrogens (primary N) is 1. The van der Waals surface area contributed by atoms with E-state index >= 15 is 0 Å². The SMILES string of the molecule is COc1ccc(Br)c(C(NN)c2ccccc2OC)c1. The van der Waals surface area contributed by atoms with Crippen LogP contribution in [0.3, 0.4) is 0 Å². The zero-order chi connectivity index (χ0) is 14.5. The molecule has 3 N–H and O–H groups in total. The summed E-state index contributed by atoms with van der Waals surface area (Å²) in [6, 6.07) is 13.4. The lowest BCUT2D eigenvalue weighted by molar-refractivity contribution is 0.403. The van der Waals surface area contributed by atoms with Crippen molar-refractivity contribution in [2.75, 3.05) is 14.2 Å². The summed E-state index contributed by atoms with van der Waals surface area (Å²) in [6.45, 7) is 0. The number of hydrogen-bond donors (Lipinski definition) is 2. The molecule has 106 valence electrons. The van der Waals surface area contributed by atoms with Gasteiger partial charge >= 0.3 is 0 Å². The van der Waals surface area contributed by atoms with Gasteiger partial charge in [0, 0.05) is 10.0 Å². The Morgan fingerprint density at radius 1 is 1.05 bits per heavy atom. The molecule has 1 unspecified atom stereocenters. The quantitative estimate of drug-likeness (QED) is 0.651. The largest absolute Gasteiger partial charge is 0.497 e. The molecule has 2 aromatic rings. The van der Waals surface area contributed by atoms with E-state index in [1.54, 1.807) is 14.2 Å². The number of benzene rings is 2.